The predicted molar refractivity (Wildman–Crippen MR) is 98.9 cm³/mol. The van der Waals surface area contributed by atoms with Gasteiger partial charge in [0.05, 0.1) is 18.2 Å². The third-order valence-electron chi connectivity index (χ3n) is 5.37. The number of benzene rings is 1. The minimum atomic E-state index is 0.552. The van der Waals surface area contributed by atoms with E-state index in [4.69, 9.17) is 33.3 Å². The standard InChI is InChI=1S/C18H23ClN2O2S/c19-14-7-12(9-16-17(14)23-5-1-4-22-16)10-20-18(24)21-15-8-11-2-3-13(15)6-11/h7,9,11,13,15H,1-6,8,10H2,(H2,20,21,24). The molecule has 1 aromatic carbocycles. The summed E-state index contributed by atoms with van der Waals surface area (Å²) in [6.45, 7) is 1.93. The number of hydrogen-bond acceptors (Lipinski definition) is 3. The molecule has 24 heavy (non-hydrogen) atoms. The summed E-state index contributed by atoms with van der Waals surface area (Å²) < 4.78 is 11.4. The molecule has 1 heterocycles. The highest BCUT2D eigenvalue weighted by Crippen LogP contribution is 2.44. The van der Waals surface area contributed by atoms with Gasteiger partial charge >= 0.3 is 0 Å². The molecule has 2 N–H and O–H groups in total. The molecule has 0 aromatic heterocycles. The number of ether oxygens (including phenoxy) is 2. The van der Waals surface area contributed by atoms with Crippen molar-refractivity contribution in [3.63, 3.8) is 0 Å². The molecule has 2 saturated carbocycles. The van der Waals surface area contributed by atoms with Gasteiger partial charge in [-0.2, -0.15) is 0 Å². The minimum absolute atomic E-state index is 0.552. The molecule has 0 radical (unpaired) electrons. The molecule has 0 amide bonds. The van der Waals surface area contributed by atoms with Crippen molar-refractivity contribution in [2.24, 2.45) is 11.8 Å². The zero-order valence-electron chi connectivity index (χ0n) is 13.6. The molecule has 1 aliphatic heterocycles. The first-order chi connectivity index (χ1) is 11.7. The van der Waals surface area contributed by atoms with Crippen LogP contribution < -0.4 is 20.1 Å². The molecular weight excluding hydrogens is 344 g/mol. The van der Waals surface area contributed by atoms with Crippen LogP contribution in [-0.4, -0.2) is 24.4 Å². The Balaban J connectivity index is 1.34. The van der Waals surface area contributed by atoms with Gasteiger partial charge in [-0.05, 0) is 61.0 Å². The Morgan fingerprint density at radius 1 is 1.21 bits per heavy atom. The Morgan fingerprint density at radius 2 is 2.08 bits per heavy atom. The summed E-state index contributed by atoms with van der Waals surface area (Å²) in [4.78, 5) is 0. The largest absolute Gasteiger partial charge is 0.489 e. The summed E-state index contributed by atoms with van der Waals surface area (Å²) in [6, 6.07) is 4.46. The second-order valence-corrected chi connectivity index (χ2v) is 7.88. The fourth-order valence-corrected chi connectivity index (χ4v) is 4.72. The molecule has 2 aliphatic carbocycles. The molecule has 3 aliphatic rings. The van der Waals surface area contributed by atoms with Crippen LogP contribution in [0.5, 0.6) is 11.5 Å². The first-order valence-electron chi connectivity index (χ1n) is 8.81. The van der Waals surface area contributed by atoms with Crippen LogP contribution in [0.25, 0.3) is 0 Å². The molecule has 130 valence electrons. The van der Waals surface area contributed by atoms with Gasteiger partial charge in [0.1, 0.15) is 0 Å². The minimum Gasteiger partial charge on any atom is -0.489 e. The van der Waals surface area contributed by atoms with Crippen LogP contribution in [0.2, 0.25) is 5.02 Å². The summed E-state index contributed by atoms with van der Waals surface area (Å²) in [5.41, 5.74) is 1.04. The maximum absolute atomic E-state index is 6.33. The van der Waals surface area contributed by atoms with Gasteiger partial charge in [-0.25, -0.2) is 0 Å². The first kappa shape index (κ1) is 16.3. The summed E-state index contributed by atoms with van der Waals surface area (Å²) in [5, 5.41) is 8.13. The second-order valence-electron chi connectivity index (χ2n) is 7.06. The summed E-state index contributed by atoms with van der Waals surface area (Å²) in [6.07, 6.45) is 6.26. The molecule has 6 heteroatoms. The number of nitrogens with one attached hydrogen (secondary N) is 2. The highest BCUT2D eigenvalue weighted by Gasteiger charge is 2.39. The Labute approximate surface area is 153 Å². The summed E-state index contributed by atoms with van der Waals surface area (Å²) >= 11 is 11.8. The number of hydrogen-bond donors (Lipinski definition) is 2. The van der Waals surface area contributed by atoms with Crippen LogP contribution in [-0.2, 0) is 6.54 Å². The topological polar surface area (TPSA) is 42.5 Å². The van der Waals surface area contributed by atoms with Crippen molar-refractivity contribution >= 4 is 28.9 Å². The molecular formula is C18H23ClN2O2S. The SMILES string of the molecule is S=C(NCc1cc(Cl)c2c(c1)OCCCO2)NC1CC2CCC1C2. The van der Waals surface area contributed by atoms with Crippen LogP contribution in [0.15, 0.2) is 12.1 Å². The van der Waals surface area contributed by atoms with Gasteiger partial charge in [0.25, 0.3) is 0 Å². The van der Waals surface area contributed by atoms with Crippen molar-refractivity contribution in [3.8, 4) is 11.5 Å². The zero-order valence-corrected chi connectivity index (χ0v) is 15.2. The van der Waals surface area contributed by atoms with Crippen LogP contribution in [0.3, 0.4) is 0 Å². The molecule has 1 aromatic rings. The Morgan fingerprint density at radius 3 is 2.88 bits per heavy atom. The van der Waals surface area contributed by atoms with Crippen LogP contribution >= 0.6 is 23.8 Å². The monoisotopic (exact) mass is 366 g/mol. The highest BCUT2D eigenvalue weighted by atomic mass is 35.5. The lowest BCUT2D eigenvalue weighted by molar-refractivity contribution is 0.297. The fourth-order valence-electron chi connectivity index (χ4n) is 4.21. The lowest BCUT2D eigenvalue weighted by atomic mass is 9.96. The van der Waals surface area contributed by atoms with Gasteiger partial charge in [0.2, 0.25) is 0 Å². The molecule has 3 unspecified atom stereocenters. The number of halogens is 1. The maximum atomic E-state index is 6.33. The number of fused-ring (bicyclic) bond motifs is 3. The van der Waals surface area contributed by atoms with Crippen molar-refractivity contribution in [1.29, 1.82) is 0 Å². The van der Waals surface area contributed by atoms with Gasteiger partial charge in [-0.15, -0.1) is 0 Å². The molecule has 4 nitrogen and oxygen atoms in total. The van der Waals surface area contributed by atoms with Crippen molar-refractivity contribution in [3.05, 3.63) is 22.7 Å². The lowest BCUT2D eigenvalue weighted by Gasteiger charge is -2.24. The normalized spacial score (nSPS) is 27.6. The number of thiocarbonyl (C=S) groups is 1. The van der Waals surface area contributed by atoms with Crippen molar-refractivity contribution in [2.75, 3.05) is 13.2 Å². The van der Waals surface area contributed by atoms with E-state index in [1.165, 1.54) is 25.7 Å². The molecule has 4 rings (SSSR count). The highest BCUT2D eigenvalue weighted by molar-refractivity contribution is 7.80. The van der Waals surface area contributed by atoms with Gasteiger partial charge in [0, 0.05) is 19.0 Å². The second kappa shape index (κ2) is 6.96. The van der Waals surface area contributed by atoms with E-state index in [-0.39, 0.29) is 0 Å². The van der Waals surface area contributed by atoms with Crippen LogP contribution in [0.1, 0.15) is 37.7 Å². The average molecular weight is 367 g/mol. The van der Waals surface area contributed by atoms with Crippen molar-refractivity contribution in [1.82, 2.24) is 10.6 Å². The third-order valence-corrected chi connectivity index (χ3v) is 5.91. The smallest absolute Gasteiger partial charge is 0.179 e. The Bertz CT molecular complexity index is 640. The maximum Gasteiger partial charge on any atom is 0.179 e. The van der Waals surface area contributed by atoms with E-state index >= 15 is 0 Å². The fraction of sp³-hybridized carbons (Fsp3) is 0.611. The van der Waals surface area contributed by atoms with Gasteiger partial charge < -0.3 is 20.1 Å². The van der Waals surface area contributed by atoms with Crippen LogP contribution in [0, 0.1) is 11.8 Å². The van der Waals surface area contributed by atoms with Gasteiger partial charge in [-0.3, -0.25) is 0 Å². The molecule has 0 spiro atoms. The quantitative estimate of drug-likeness (QED) is 0.799. The lowest BCUT2D eigenvalue weighted by Crippen LogP contribution is -2.43. The van der Waals surface area contributed by atoms with E-state index < -0.39 is 0 Å². The van der Waals surface area contributed by atoms with E-state index in [0.717, 1.165) is 34.7 Å². The molecule has 0 saturated heterocycles. The van der Waals surface area contributed by atoms with E-state index in [1.807, 2.05) is 12.1 Å². The average Bonchev–Trinajstić information content (AvgIpc) is 3.09. The summed E-state index contributed by atoms with van der Waals surface area (Å²) in [7, 11) is 0. The first-order valence-corrected chi connectivity index (χ1v) is 9.60. The predicted octanol–water partition coefficient (Wildman–Crippen LogP) is 3.65. The Kier molecular flexibility index (Phi) is 4.72. The van der Waals surface area contributed by atoms with Gasteiger partial charge in [0.15, 0.2) is 16.6 Å². The molecule has 2 bridgehead atoms. The van der Waals surface area contributed by atoms with E-state index in [0.29, 0.717) is 36.6 Å². The third kappa shape index (κ3) is 3.42. The molecule has 2 fully saturated rings. The van der Waals surface area contributed by atoms with Gasteiger partial charge in [-0.1, -0.05) is 18.0 Å². The van der Waals surface area contributed by atoms with Crippen molar-refractivity contribution < 1.29 is 9.47 Å². The zero-order chi connectivity index (χ0) is 16.5. The summed E-state index contributed by atoms with van der Waals surface area (Å²) in [5.74, 6) is 3.10. The Hall–Kier alpha value is -1.20. The van der Waals surface area contributed by atoms with E-state index in [2.05, 4.69) is 10.6 Å². The molecule has 3 atom stereocenters. The van der Waals surface area contributed by atoms with Crippen molar-refractivity contribution in [2.45, 2.75) is 44.7 Å². The van der Waals surface area contributed by atoms with E-state index in [9.17, 15) is 0 Å². The van der Waals surface area contributed by atoms with Crippen LogP contribution in [0.4, 0.5) is 0 Å². The van der Waals surface area contributed by atoms with E-state index in [1.54, 1.807) is 0 Å². The number of rotatable bonds is 3.